The Kier molecular flexibility index (Phi) is 4.15. The zero-order valence-corrected chi connectivity index (χ0v) is 13.1. The van der Waals surface area contributed by atoms with Gasteiger partial charge in [0.25, 0.3) is 0 Å². The van der Waals surface area contributed by atoms with E-state index in [0.717, 1.165) is 5.39 Å². The first-order valence-corrected chi connectivity index (χ1v) is 7.10. The van der Waals surface area contributed by atoms with Crippen LogP contribution in [0.2, 0.25) is 0 Å². The lowest BCUT2D eigenvalue weighted by Gasteiger charge is -2.11. The molecular weight excluding hydrogens is 310 g/mol. The molecule has 0 fully saturated rings. The van der Waals surface area contributed by atoms with Gasteiger partial charge >= 0.3 is 5.97 Å². The van der Waals surface area contributed by atoms with E-state index in [9.17, 15) is 9.90 Å². The van der Waals surface area contributed by atoms with Crippen LogP contribution in [-0.2, 0) is 0 Å². The van der Waals surface area contributed by atoms with Crippen molar-refractivity contribution in [3.63, 3.8) is 0 Å². The van der Waals surface area contributed by atoms with E-state index in [2.05, 4.69) is 15.3 Å². The summed E-state index contributed by atoms with van der Waals surface area (Å²) in [7, 11) is 3.11. The van der Waals surface area contributed by atoms with Gasteiger partial charge in [-0.2, -0.15) is 0 Å². The lowest BCUT2D eigenvalue weighted by atomic mass is 10.2. The predicted octanol–water partition coefficient (Wildman–Crippen LogP) is 3.09. The van der Waals surface area contributed by atoms with Gasteiger partial charge in [0.15, 0.2) is 11.5 Å². The lowest BCUT2D eigenvalue weighted by molar-refractivity contribution is 0.0698. The molecule has 0 unspecified atom stereocenters. The van der Waals surface area contributed by atoms with E-state index in [1.165, 1.54) is 6.07 Å². The average Bonchev–Trinajstić information content (AvgIpc) is 2.60. The molecule has 0 amide bonds. The molecule has 0 aliphatic heterocycles. The van der Waals surface area contributed by atoms with E-state index in [-0.39, 0.29) is 5.56 Å². The molecule has 1 heterocycles. The minimum Gasteiger partial charge on any atom is -0.493 e. The molecule has 0 atom stereocenters. The van der Waals surface area contributed by atoms with Crippen molar-refractivity contribution in [2.45, 2.75) is 0 Å². The molecule has 3 rings (SSSR count). The minimum atomic E-state index is -1.02. The van der Waals surface area contributed by atoms with Crippen LogP contribution in [0.5, 0.6) is 11.5 Å². The number of para-hydroxylation sites is 1. The molecule has 24 heavy (non-hydrogen) atoms. The van der Waals surface area contributed by atoms with Crippen molar-refractivity contribution in [2.75, 3.05) is 19.5 Å². The summed E-state index contributed by atoms with van der Waals surface area (Å²) in [5, 5.41) is 12.9. The molecule has 7 nitrogen and oxygen atoms in total. The van der Waals surface area contributed by atoms with Gasteiger partial charge < -0.3 is 19.9 Å². The number of nitrogens with one attached hydrogen (secondary N) is 1. The van der Waals surface area contributed by atoms with Gasteiger partial charge in [-0.15, -0.1) is 0 Å². The molecule has 122 valence electrons. The van der Waals surface area contributed by atoms with Gasteiger partial charge in [-0.05, 0) is 18.2 Å². The number of benzene rings is 2. The monoisotopic (exact) mass is 325 g/mol. The second-order valence-corrected chi connectivity index (χ2v) is 4.94. The fourth-order valence-electron chi connectivity index (χ4n) is 2.32. The highest BCUT2D eigenvalue weighted by molar-refractivity contribution is 5.95. The quantitative estimate of drug-likeness (QED) is 0.744. The van der Waals surface area contributed by atoms with E-state index >= 15 is 0 Å². The van der Waals surface area contributed by atoms with E-state index in [1.807, 2.05) is 0 Å². The summed E-state index contributed by atoms with van der Waals surface area (Å²) in [6.07, 6.45) is 1.63. The molecule has 1 aromatic heterocycles. The van der Waals surface area contributed by atoms with Crippen LogP contribution in [0.25, 0.3) is 10.9 Å². The number of anilines is 2. The Bertz CT molecular complexity index is 911. The molecule has 0 aliphatic carbocycles. The van der Waals surface area contributed by atoms with Gasteiger partial charge in [0.05, 0.1) is 31.0 Å². The third-order valence-electron chi connectivity index (χ3n) is 3.49. The highest BCUT2D eigenvalue weighted by Crippen LogP contribution is 2.31. The number of aromatic carboxylic acids is 1. The fraction of sp³-hybridized carbons (Fsp3) is 0.118. The van der Waals surface area contributed by atoms with Gasteiger partial charge in [0.2, 0.25) is 5.95 Å². The van der Waals surface area contributed by atoms with E-state index in [4.69, 9.17) is 9.47 Å². The maximum absolute atomic E-state index is 11.3. The Morgan fingerprint density at radius 3 is 2.54 bits per heavy atom. The molecule has 0 aliphatic rings. The summed E-state index contributed by atoms with van der Waals surface area (Å²) < 4.78 is 10.5. The van der Waals surface area contributed by atoms with Crippen LogP contribution in [0.15, 0.2) is 42.6 Å². The third-order valence-corrected chi connectivity index (χ3v) is 3.49. The molecular formula is C17H15N3O4. The van der Waals surface area contributed by atoms with Crippen LogP contribution in [0.1, 0.15) is 10.4 Å². The molecule has 3 aromatic rings. The third kappa shape index (κ3) is 2.91. The van der Waals surface area contributed by atoms with E-state index in [0.29, 0.717) is 28.7 Å². The molecule has 0 saturated heterocycles. The standard InChI is InChI=1S/C17H15N3O4/c1-23-14-7-10-9-18-17(20-13(10)8-15(14)24-2)19-12-6-4-3-5-11(12)16(21)22/h3-9H,1-2H3,(H,21,22)(H,18,19,20). The first kappa shape index (κ1) is 15.5. The molecule has 7 heteroatoms. The van der Waals surface area contributed by atoms with Crippen LogP contribution in [0.3, 0.4) is 0 Å². The summed E-state index contributed by atoms with van der Waals surface area (Å²) in [4.78, 5) is 19.9. The highest BCUT2D eigenvalue weighted by Gasteiger charge is 2.12. The number of hydrogen-bond acceptors (Lipinski definition) is 6. The van der Waals surface area contributed by atoms with Gasteiger partial charge in [-0.1, -0.05) is 12.1 Å². The maximum Gasteiger partial charge on any atom is 0.337 e. The predicted molar refractivity (Wildman–Crippen MR) is 89.3 cm³/mol. The molecule has 2 aromatic carbocycles. The molecule has 0 radical (unpaired) electrons. The van der Waals surface area contributed by atoms with Gasteiger partial charge in [-0.3, -0.25) is 0 Å². The summed E-state index contributed by atoms with van der Waals surface area (Å²) in [6.45, 7) is 0. The minimum absolute atomic E-state index is 0.147. The first-order valence-electron chi connectivity index (χ1n) is 7.10. The summed E-state index contributed by atoms with van der Waals surface area (Å²) >= 11 is 0. The Labute approximate surface area is 137 Å². The Morgan fingerprint density at radius 2 is 1.83 bits per heavy atom. The van der Waals surface area contributed by atoms with Crippen molar-refractivity contribution in [1.29, 1.82) is 0 Å². The molecule has 0 spiro atoms. The van der Waals surface area contributed by atoms with Crippen molar-refractivity contribution in [3.8, 4) is 11.5 Å². The zero-order valence-electron chi connectivity index (χ0n) is 13.1. The van der Waals surface area contributed by atoms with Gasteiger partial charge in [0.1, 0.15) is 0 Å². The number of rotatable bonds is 5. The van der Waals surface area contributed by atoms with Crippen molar-refractivity contribution in [2.24, 2.45) is 0 Å². The number of fused-ring (bicyclic) bond motifs is 1. The number of nitrogens with zero attached hydrogens (tertiary/aromatic N) is 2. The topological polar surface area (TPSA) is 93.6 Å². The van der Waals surface area contributed by atoms with Gasteiger partial charge in [-0.25, -0.2) is 14.8 Å². The number of aromatic nitrogens is 2. The summed E-state index contributed by atoms with van der Waals surface area (Å²) in [5.41, 5.74) is 1.22. The molecule has 2 N–H and O–H groups in total. The molecule has 0 saturated carbocycles. The van der Waals surface area contributed by atoms with Crippen LogP contribution in [0.4, 0.5) is 11.6 Å². The summed E-state index contributed by atoms with van der Waals surface area (Å²) in [6, 6.07) is 10.1. The van der Waals surface area contributed by atoms with Crippen LogP contribution >= 0.6 is 0 Å². The number of carboxylic acid groups (broad SMARTS) is 1. The lowest BCUT2D eigenvalue weighted by Crippen LogP contribution is -2.04. The van der Waals surface area contributed by atoms with Crippen molar-refractivity contribution in [1.82, 2.24) is 9.97 Å². The first-order chi connectivity index (χ1) is 11.6. The maximum atomic E-state index is 11.3. The van der Waals surface area contributed by atoms with Crippen LogP contribution in [0, 0.1) is 0 Å². The second-order valence-electron chi connectivity index (χ2n) is 4.94. The Morgan fingerprint density at radius 1 is 1.12 bits per heavy atom. The SMILES string of the molecule is COc1cc2cnc(Nc3ccccc3C(=O)O)nc2cc1OC. The fourth-order valence-corrected chi connectivity index (χ4v) is 2.32. The average molecular weight is 325 g/mol. The molecule has 0 bridgehead atoms. The normalized spacial score (nSPS) is 10.4. The number of carbonyl (C=O) groups is 1. The number of ether oxygens (including phenoxy) is 2. The van der Waals surface area contributed by atoms with E-state index < -0.39 is 5.97 Å². The van der Waals surface area contributed by atoms with Crippen molar-refractivity contribution in [3.05, 3.63) is 48.2 Å². The highest BCUT2D eigenvalue weighted by atomic mass is 16.5. The van der Waals surface area contributed by atoms with Crippen LogP contribution in [-0.4, -0.2) is 35.3 Å². The zero-order chi connectivity index (χ0) is 17.1. The number of hydrogen-bond donors (Lipinski definition) is 2. The number of methoxy groups -OCH3 is 2. The number of carboxylic acids is 1. The smallest absolute Gasteiger partial charge is 0.337 e. The van der Waals surface area contributed by atoms with E-state index in [1.54, 1.807) is 50.7 Å². The Hall–Kier alpha value is -3.35. The second kappa shape index (κ2) is 6.41. The largest absolute Gasteiger partial charge is 0.493 e. The summed E-state index contributed by atoms with van der Waals surface area (Å²) in [5.74, 6) is 0.417. The van der Waals surface area contributed by atoms with Crippen LogP contribution < -0.4 is 14.8 Å². The van der Waals surface area contributed by atoms with Gasteiger partial charge in [0, 0.05) is 17.6 Å². The Balaban J connectivity index is 2.01. The van der Waals surface area contributed by atoms with Crippen molar-refractivity contribution < 1.29 is 19.4 Å². The van der Waals surface area contributed by atoms with Crippen molar-refractivity contribution >= 4 is 28.5 Å².